The topological polar surface area (TPSA) is 33.7 Å². The van der Waals surface area contributed by atoms with Gasteiger partial charge in [0.2, 0.25) is 0 Å². The average Bonchev–Trinajstić information content (AvgIpc) is 3.39. The first-order chi connectivity index (χ1) is 12.3. The van der Waals surface area contributed by atoms with Crippen molar-refractivity contribution in [1.29, 1.82) is 0 Å². The summed E-state index contributed by atoms with van der Waals surface area (Å²) in [5, 5.41) is 5.86. The molecular formula is C20H30Cl2N2O2S. The molecule has 4 fully saturated rings. The van der Waals surface area contributed by atoms with Crippen LogP contribution in [0.4, 0.5) is 0 Å². The second-order valence-corrected chi connectivity index (χ2v) is 9.81. The molecule has 4 atom stereocenters. The summed E-state index contributed by atoms with van der Waals surface area (Å²) >= 11 is 1.92. The van der Waals surface area contributed by atoms with Crippen molar-refractivity contribution >= 4 is 36.2 Å². The van der Waals surface area contributed by atoms with Gasteiger partial charge in [-0.2, -0.15) is 0 Å². The summed E-state index contributed by atoms with van der Waals surface area (Å²) in [6.07, 6.45) is 6.51. The average molecular weight is 433 g/mol. The third-order valence-electron chi connectivity index (χ3n) is 7.77. The smallest absolute Gasteiger partial charge is 0.0966 e. The van der Waals surface area contributed by atoms with Gasteiger partial charge in [-0.25, -0.2) is 0 Å². The van der Waals surface area contributed by atoms with E-state index in [1.807, 2.05) is 11.3 Å². The van der Waals surface area contributed by atoms with E-state index in [2.05, 4.69) is 21.7 Å². The van der Waals surface area contributed by atoms with Crippen LogP contribution in [0.25, 0.3) is 0 Å². The lowest BCUT2D eigenvalue weighted by Gasteiger charge is -2.45. The van der Waals surface area contributed by atoms with Crippen LogP contribution in [0.15, 0.2) is 11.4 Å². The minimum atomic E-state index is 0. The van der Waals surface area contributed by atoms with Crippen LogP contribution in [-0.2, 0) is 21.5 Å². The van der Waals surface area contributed by atoms with Crippen molar-refractivity contribution in [2.24, 2.45) is 11.8 Å². The first-order valence-corrected chi connectivity index (χ1v) is 11.0. The number of fused-ring (bicyclic) bond motifs is 3. The van der Waals surface area contributed by atoms with Crippen LogP contribution in [0, 0.1) is 11.8 Å². The van der Waals surface area contributed by atoms with E-state index in [9.17, 15) is 0 Å². The number of hydrogen-bond acceptors (Lipinski definition) is 5. The molecule has 0 saturated carbocycles. The zero-order valence-electron chi connectivity index (χ0n) is 15.7. The van der Waals surface area contributed by atoms with Crippen molar-refractivity contribution in [2.45, 2.75) is 49.4 Å². The summed E-state index contributed by atoms with van der Waals surface area (Å²) in [5.41, 5.74) is 1.72. The van der Waals surface area contributed by atoms with E-state index in [0.717, 1.165) is 44.2 Å². The van der Waals surface area contributed by atoms with E-state index in [1.165, 1.54) is 44.6 Å². The van der Waals surface area contributed by atoms with Crippen LogP contribution >= 0.6 is 36.2 Å². The molecule has 5 aliphatic rings. The lowest BCUT2D eigenvalue weighted by Crippen LogP contribution is -2.49. The highest BCUT2D eigenvalue weighted by Gasteiger charge is 2.61. The molecule has 2 bridgehead atoms. The van der Waals surface area contributed by atoms with Crippen molar-refractivity contribution in [3.63, 3.8) is 0 Å². The molecule has 7 heteroatoms. The molecule has 0 aliphatic carbocycles. The molecule has 4 saturated heterocycles. The number of rotatable bonds is 2. The van der Waals surface area contributed by atoms with E-state index < -0.39 is 0 Å². The highest BCUT2D eigenvalue weighted by molar-refractivity contribution is 7.10. The largest absolute Gasteiger partial charge is 0.370 e. The Balaban J connectivity index is 0.000000900. The van der Waals surface area contributed by atoms with Crippen LogP contribution in [0.2, 0.25) is 0 Å². The van der Waals surface area contributed by atoms with Gasteiger partial charge < -0.3 is 19.7 Å². The number of nitrogens with zero attached hydrogens (tertiary/aromatic N) is 1. The van der Waals surface area contributed by atoms with Gasteiger partial charge in [-0.3, -0.25) is 0 Å². The minimum Gasteiger partial charge on any atom is -0.370 e. The van der Waals surface area contributed by atoms with Crippen LogP contribution < -0.4 is 5.32 Å². The highest BCUT2D eigenvalue weighted by atomic mass is 35.5. The predicted molar refractivity (Wildman–Crippen MR) is 113 cm³/mol. The van der Waals surface area contributed by atoms with Gasteiger partial charge in [0.15, 0.2) is 0 Å². The normalized spacial score (nSPS) is 38.9. The van der Waals surface area contributed by atoms with Crippen molar-refractivity contribution < 1.29 is 9.47 Å². The summed E-state index contributed by atoms with van der Waals surface area (Å²) in [4.78, 5) is 4.27. The molecule has 5 aliphatic heterocycles. The fourth-order valence-electron chi connectivity index (χ4n) is 6.48. The summed E-state index contributed by atoms with van der Waals surface area (Å²) in [6, 6.07) is 2.33. The van der Waals surface area contributed by atoms with Crippen LogP contribution in [-0.4, -0.2) is 55.9 Å². The van der Waals surface area contributed by atoms with E-state index in [4.69, 9.17) is 9.47 Å². The standard InChI is InChI=1S/C20H28N2O2S.2ClH/c1-4-20-13-21-11-16(20)14(17(1)24-20)12-22-7-5-19(6-8-22)15-3-10-25-18(15)2-9-23-19;;/h3,10,14,16-17,21H,1-2,4-9,11-13H2;2*1H/t14-,16-,17-,20-;;/m1../s1. The molecule has 0 amide bonds. The molecular weight excluding hydrogens is 403 g/mol. The van der Waals surface area contributed by atoms with E-state index in [-0.39, 0.29) is 36.0 Å². The third kappa shape index (κ3) is 3.00. The SMILES string of the molecule is Cl.Cl.c1cc2c(s1)CCOC21CCN(C[C@@H]2[C@H]3CNC[C@]34CC[C@H]2O4)CC1. The molecule has 6 rings (SSSR count). The summed E-state index contributed by atoms with van der Waals surface area (Å²) < 4.78 is 12.8. The maximum atomic E-state index is 6.47. The Morgan fingerprint density at radius 2 is 2.07 bits per heavy atom. The number of likely N-dealkylation sites (tertiary alicyclic amines) is 1. The van der Waals surface area contributed by atoms with Crippen LogP contribution in [0.1, 0.15) is 36.1 Å². The maximum absolute atomic E-state index is 6.47. The van der Waals surface area contributed by atoms with Crippen molar-refractivity contribution in [3.8, 4) is 0 Å². The Labute approximate surface area is 178 Å². The fraction of sp³-hybridized carbons (Fsp3) is 0.800. The highest BCUT2D eigenvalue weighted by Crippen LogP contribution is 2.53. The molecule has 1 N–H and O–H groups in total. The van der Waals surface area contributed by atoms with Crippen molar-refractivity contribution in [2.75, 3.05) is 39.3 Å². The van der Waals surface area contributed by atoms with Crippen molar-refractivity contribution in [1.82, 2.24) is 10.2 Å². The molecule has 27 heavy (non-hydrogen) atoms. The number of ether oxygens (including phenoxy) is 2. The number of halogens is 2. The van der Waals surface area contributed by atoms with E-state index in [0.29, 0.717) is 6.10 Å². The Morgan fingerprint density at radius 3 is 2.93 bits per heavy atom. The zero-order valence-corrected chi connectivity index (χ0v) is 18.1. The zero-order chi connectivity index (χ0) is 16.5. The minimum absolute atomic E-state index is 0. The molecule has 4 nitrogen and oxygen atoms in total. The molecule has 152 valence electrons. The van der Waals surface area contributed by atoms with E-state index >= 15 is 0 Å². The Bertz CT molecular complexity index is 675. The van der Waals surface area contributed by atoms with Gasteiger partial charge in [-0.1, -0.05) is 0 Å². The molecule has 0 unspecified atom stereocenters. The summed E-state index contributed by atoms with van der Waals surface area (Å²) in [6.45, 7) is 6.73. The first-order valence-electron chi connectivity index (χ1n) is 10.1. The summed E-state index contributed by atoms with van der Waals surface area (Å²) in [5.74, 6) is 1.48. The lowest BCUT2D eigenvalue weighted by atomic mass is 9.73. The molecule has 1 aromatic rings. The van der Waals surface area contributed by atoms with Crippen molar-refractivity contribution in [3.05, 3.63) is 21.9 Å². The van der Waals surface area contributed by atoms with Gasteiger partial charge in [-0.15, -0.1) is 36.2 Å². The Hall–Kier alpha value is 0.120. The first kappa shape index (κ1) is 20.4. The number of hydrogen-bond donors (Lipinski definition) is 1. The van der Waals surface area contributed by atoms with Gasteiger partial charge in [0.05, 0.1) is 23.9 Å². The predicted octanol–water partition coefficient (Wildman–Crippen LogP) is 3.22. The number of nitrogens with one attached hydrogen (secondary N) is 1. The van der Waals surface area contributed by atoms with Gasteiger partial charge in [0, 0.05) is 55.9 Å². The molecule has 6 heterocycles. The third-order valence-corrected chi connectivity index (χ3v) is 8.75. The van der Waals surface area contributed by atoms with Crippen LogP contribution in [0.5, 0.6) is 0 Å². The Kier molecular flexibility index (Phi) is 5.61. The maximum Gasteiger partial charge on any atom is 0.0966 e. The lowest BCUT2D eigenvalue weighted by molar-refractivity contribution is -0.0993. The van der Waals surface area contributed by atoms with Crippen LogP contribution in [0.3, 0.4) is 0 Å². The van der Waals surface area contributed by atoms with Gasteiger partial charge in [-0.05, 0) is 42.7 Å². The van der Waals surface area contributed by atoms with Gasteiger partial charge >= 0.3 is 0 Å². The monoisotopic (exact) mass is 432 g/mol. The second kappa shape index (κ2) is 7.42. The Morgan fingerprint density at radius 1 is 1.22 bits per heavy atom. The van der Waals surface area contributed by atoms with E-state index in [1.54, 1.807) is 4.88 Å². The molecule has 2 spiro atoms. The quantitative estimate of drug-likeness (QED) is 0.777. The molecule has 0 aromatic carbocycles. The number of piperidine rings is 1. The fourth-order valence-corrected chi connectivity index (χ4v) is 7.43. The second-order valence-electron chi connectivity index (χ2n) is 8.81. The number of thiophene rings is 1. The summed E-state index contributed by atoms with van der Waals surface area (Å²) in [7, 11) is 0. The van der Waals surface area contributed by atoms with Gasteiger partial charge in [0.25, 0.3) is 0 Å². The molecule has 0 radical (unpaired) electrons. The molecule has 1 aromatic heterocycles. The van der Waals surface area contributed by atoms with Gasteiger partial charge in [0.1, 0.15) is 0 Å².